The average Bonchev–Trinajstić information content (AvgIpc) is 2.59. The fourth-order valence-electron chi connectivity index (χ4n) is 4.06. The van der Waals surface area contributed by atoms with Gasteiger partial charge in [0, 0.05) is 17.1 Å². The molecule has 130 valence electrons. The van der Waals surface area contributed by atoms with Crippen LogP contribution in [0, 0.1) is 5.92 Å². The molecule has 2 atom stereocenters. The Kier molecular flexibility index (Phi) is 5.59. The molecule has 1 aromatic carbocycles. The third-order valence-corrected chi connectivity index (χ3v) is 5.73. The Balaban J connectivity index is 1.66. The Morgan fingerprint density at radius 1 is 1.21 bits per heavy atom. The lowest BCUT2D eigenvalue weighted by atomic mass is 9.78. The van der Waals surface area contributed by atoms with E-state index in [9.17, 15) is 9.59 Å². The molecule has 2 fully saturated rings. The number of fused-ring (bicyclic) bond motifs is 1. The van der Waals surface area contributed by atoms with Crippen molar-refractivity contribution < 1.29 is 14.3 Å². The van der Waals surface area contributed by atoms with Gasteiger partial charge in [0.15, 0.2) is 12.4 Å². The predicted octanol–water partition coefficient (Wildman–Crippen LogP) is 4.21. The van der Waals surface area contributed by atoms with E-state index in [1.165, 1.54) is 32.6 Å². The van der Waals surface area contributed by atoms with Crippen molar-refractivity contribution in [3.63, 3.8) is 0 Å². The van der Waals surface area contributed by atoms with E-state index in [-0.39, 0.29) is 18.3 Å². The third-order valence-electron chi connectivity index (χ3n) is 5.24. The Hall–Kier alpha value is -1.36. The highest BCUT2D eigenvalue weighted by Crippen LogP contribution is 2.35. The summed E-state index contributed by atoms with van der Waals surface area (Å²) in [6.45, 7) is 2.35. The second kappa shape index (κ2) is 7.68. The molecular weight excluding hydrogens is 370 g/mol. The van der Waals surface area contributed by atoms with E-state index in [2.05, 4.69) is 15.9 Å². The molecule has 0 spiro atoms. The van der Waals surface area contributed by atoms with Gasteiger partial charge in [0.05, 0.1) is 5.56 Å². The summed E-state index contributed by atoms with van der Waals surface area (Å²) in [7, 11) is 0. The number of amides is 1. The zero-order valence-electron chi connectivity index (χ0n) is 14.1. The van der Waals surface area contributed by atoms with Gasteiger partial charge >= 0.3 is 0 Å². The van der Waals surface area contributed by atoms with E-state index in [1.54, 1.807) is 12.1 Å². The van der Waals surface area contributed by atoms with Gasteiger partial charge in [0.2, 0.25) is 0 Å². The van der Waals surface area contributed by atoms with Gasteiger partial charge in [-0.2, -0.15) is 0 Å². The summed E-state index contributed by atoms with van der Waals surface area (Å²) < 4.78 is 6.54. The number of hydrogen-bond donors (Lipinski definition) is 0. The minimum atomic E-state index is -0.0657. The number of benzene rings is 1. The fraction of sp³-hybridized carbons (Fsp3) is 0.579. The number of rotatable bonds is 4. The molecular formula is C19H24BrNO3. The summed E-state index contributed by atoms with van der Waals surface area (Å²) in [5, 5.41) is 0. The summed E-state index contributed by atoms with van der Waals surface area (Å²) in [6.07, 6.45) is 7.21. The molecule has 3 rings (SSSR count). The maximum atomic E-state index is 12.7. The van der Waals surface area contributed by atoms with Crippen LogP contribution in [-0.2, 0) is 4.79 Å². The average molecular weight is 394 g/mol. The predicted molar refractivity (Wildman–Crippen MR) is 96.3 cm³/mol. The summed E-state index contributed by atoms with van der Waals surface area (Å²) >= 11 is 3.36. The molecule has 1 aliphatic carbocycles. The Morgan fingerprint density at radius 3 is 2.75 bits per heavy atom. The summed E-state index contributed by atoms with van der Waals surface area (Å²) in [6, 6.07) is 5.69. The number of Topliss-reactive ketones (excluding diaryl/α,β-unsaturated/α-hetero) is 1. The van der Waals surface area contributed by atoms with Crippen LogP contribution in [0.5, 0.6) is 5.75 Å². The summed E-state index contributed by atoms with van der Waals surface area (Å²) in [5.41, 5.74) is 0.506. The summed E-state index contributed by atoms with van der Waals surface area (Å²) in [5.74, 6) is 1.13. The second-order valence-corrected chi connectivity index (χ2v) is 7.74. The number of carbonyl (C=O) groups is 2. The molecule has 0 bridgehead atoms. The molecule has 0 radical (unpaired) electrons. The molecule has 5 heteroatoms. The highest BCUT2D eigenvalue weighted by atomic mass is 79.9. The van der Waals surface area contributed by atoms with E-state index >= 15 is 0 Å². The molecule has 0 aromatic heterocycles. The van der Waals surface area contributed by atoms with Crippen molar-refractivity contribution in [2.24, 2.45) is 5.92 Å². The molecule has 1 aromatic rings. The van der Waals surface area contributed by atoms with Crippen molar-refractivity contribution in [3.05, 3.63) is 28.2 Å². The lowest BCUT2D eigenvalue weighted by Crippen LogP contribution is -2.51. The highest BCUT2D eigenvalue weighted by Gasteiger charge is 2.35. The highest BCUT2D eigenvalue weighted by molar-refractivity contribution is 9.10. The van der Waals surface area contributed by atoms with E-state index in [1.807, 2.05) is 11.0 Å². The number of carbonyl (C=O) groups excluding carboxylic acids is 2. The third kappa shape index (κ3) is 3.82. The van der Waals surface area contributed by atoms with Crippen molar-refractivity contribution in [1.29, 1.82) is 0 Å². The van der Waals surface area contributed by atoms with Crippen LogP contribution in [0.4, 0.5) is 0 Å². The van der Waals surface area contributed by atoms with Crippen LogP contribution in [0.25, 0.3) is 0 Å². The molecule has 0 unspecified atom stereocenters. The molecule has 1 heterocycles. The maximum Gasteiger partial charge on any atom is 0.260 e. The lowest BCUT2D eigenvalue weighted by Gasteiger charge is -2.44. The van der Waals surface area contributed by atoms with Crippen LogP contribution < -0.4 is 4.74 Å². The van der Waals surface area contributed by atoms with Crippen LogP contribution in [0.3, 0.4) is 0 Å². The standard InChI is InChI=1S/C19H24BrNO3/c1-13(22)16-11-15(20)8-9-18(16)24-12-19(23)21-10-4-6-14-5-2-3-7-17(14)21/h8-9,11,14,17H,2-7,10,12H2,1H3/t14-,17+/m1/s1. The van der Waals surface area contributed by atoms with E-state index < -0.39 is 0 Å². The molecule has 1 amide bonds. The largest absolute Gasteiger partial charge is 0.483 e. The Morgan fingerprint density at radius 2 is 1.96 bits per heavy atom. The van der Waals surface area contributed by atoms with Crippen molar-refractivity contribution in [3.8, 4) is 5.75 Å². The minimum absolute atomic E-state index is 0.00509. The van der Waals surface area contributed by atoms with Gasteiger partial charge in [-0.3, -0.25) is 9.59 Å². The number of halogens is 1. The Labute approximate surface area is 151 Å². The normalized spacial score (nSPS) is 23.5. The first kappa shape index (κ1) is 17.5. The van der Waals surface area contributed by atoms with Crippen LogP contribution in [0.2, 0.25) is 0 Å². The van der Waals surface area contributed by atoms with Crippen molar-refractivity contribution in [2.45, 2.75) is 51.5 Å². The van der Waals surface area contributed by atoms with Crippen LogP contribution >= 0.6 is 15.9 Å². The molecule has 2 aliphatic rings. The van der Waals surface area contributed by atoms with Gasteiger partial charge in [-0.25, -0.2) is 0 Å². The lowest BCUT2D eigenvalue weighted by molar-refractivity contribution is -0.139. The summed E-state index contributed by atoms with van der Waals surface area (Å²) in [4.78, 5) is 26.5. The topological polar surface area (TPSA) is 46.6 Å². The number of ketones is 1. The minimum Gasteiger partial charge on any atom is -0.483 e. The van der Waals surface area contributed by atoms with Gasteiger partial charge in [-0.1, -0.05) is 28.8 Å². The molecule has 1 saturated carbocycles. The number of ether oxygens (including phenoxy) is 1. The first-order valence-electron chi connectivity index (χ1n) is 8.79. The number of nitrogens with zero attached hydrogens (tertiary/aromatic N) is 1. The molecule has 24 heavy (non-hydrogen) atoms. The number of hydrogen-bond acceptors (Lipinski definition) is 3. The first-order valence-corrected chi connectivity index (χ1v) is 9.58. The number of piperidine rings is 1. The van der Waals surface area contributed by atoms with Crippen molar-refractivity contribution in [2.75, 3.05) is 13.2 Å². The number of likely N-dealkylation sites (tertiary alicyclic amines) is 1. The second-order valence-electron chi connectivity index (χ2n) is 6.83. The Bertz CT molecular complexity index is 629. The molecule has 1 aliphatic heterocycles. The van der Waals surface area contributed by atoms with Gasteiger partial charge in [-0.05, 0) is 56.7 Å². The van der Waals surface area contributed by atoms with Crippen LogP contribution in [-0.4, -0.2) is 35.8 Å². The monoisotopic (exact) mass is 393 g/mol. The van der Waals surface area contributed by atoms with E-state index in [0.29, 0.717) is 23.3 Å². The van der Waals surface area contributed by atoms with Gasteiger partial charge < -0.3 is 9.64 Å². The molecule has 1 saturated heterocycles. The zero-order chi connectivity index (χ0) is 17.1. The quantitative estimate of drug-likeness (QED) is 0.719. The van der Waals surface area contributed by atoms with Gasteiger partial charge in [0.25, 0.3) is 5.91 Å². The van der Waals surface area contributed by atoms with E-state index in [0.717, 1.165) is 23.9 Å². The van der Waals surface area contributed by atoms with Crippen molar-refractivity contribution in [1.82, 2.24) is 4.90 Å². The maximum absolute atomic E-state index is 12.7. The van der Waals surface area contributed by atoms with Crippen molar-refractivity contribution >= 4 is 27.6 Å². The van der Waals surface area contributed by atoms with E-state index in [4.69, 9.17) is 4.74 Å². The fourth-order valence-corrected chi connectivity index (χ4v) is 4.42. The molecule has 4 nitrogen and oxygen atoms in total. The first-order chi connectivity index (χ1) is 11.6. The van der Waals surface area contributed by atoms with Crippen LogP contribution in [0.1, 0.15) is 55.8 Å². The smallest absolute Gasteiger partial charge is 0.260 e. The molecule has 0 N–H and O–H groups in total. The van der Waals surface area contributed by atoms with Crippen LogP contribution in [0.15, 0.2) is 22.7 Å². The SMILES string of the molecule is CC(=O)c1cc(Br)ccc1OCC(=O)N1CCC[C@H]2CCCC[C@@H]21. The zero-order valence-corrected chi connectivity index (χ0v) is 15.7. The van der Waals surface area contributed by atoms with Gasteiger partial charge in [-0.15, -0.1) is 0 Å². The van der Waals surface area contributed by atoms with Gasteiger partial charge in [0.1, 0.15) is 5.75 Å².